The zero-order valence-corrected chi connectivity index (χ0v) is 19.2. The predicted octanol–water partition coefficient (Wildman–Crippen LogP) is 3.92. The molecule has 0 spiro atoms. The Morgan fingerprint density at radius 2 is 2.03 bits per heavy atom. The average Bonchev–Trinajstić information content (AvgIpc) is 3.39. The molecule has 0 unspecified atom stereocenters. The number of rotatable bonds is 7. The van der Waals surface area contributed by atoms with E-state index in [1.54, 1.807) is 19.1 Å². The quantitative estimate of drug-likeness (QED) is 0.253. The molecule has 0 aliphatic heterocycles. The summed E-state index contributed by atoms with van der Waals surface area (Å²) in [5, 5.41) is 6.50. The lowest BCUT2D eigenvalue weighted by molar-refractivity contribution is 0.0599. The Balaban J connectivity index is 0.00000300. The van der Waals surface area contributed by atoms with Gasteiger partial charge in [-0.3, -0.25) is 0 Å². The van der Waals surface area contributed by atoms with Crippen molar-refractivity contribution in [2.24, 2.45) is 4.99 Å². The SMILES string of the molecule is CCNC(=NCc1cc(C(=O)OC)c(C)o1)NCC1(c2ccccc2F)CC1.I. The largest absolute Gasteiger partial charge is 0.465 e. The summed E-state index contributed by atoms with van der Waals surface area (Å²) in [6, 6.07) is 8.59. The fourth-order valence-electron chi connectivity index (χ4n) is 3.27. The van der Waals surface area contributed by atoms with Crippen LogP contribution in [0.2, 0.25) is 0 Å². The Hall–Kier alpha value is -2.10. The summed E-state index contributed by atoms with van der Waals surface area (Å²) < 4.78 is 24.5. The van der Waals surface area contributed by atoms with Gasteiger partial charge < -0.3 is 19.8 Å². The van der Waals surface area contributed by atoms with Gasteiger partial charge in [-0.05, 0) is 44.4 Å². The number of benzene rings is 1. The van der Waals surface area contributed by atoms with Gasteiger partial charge in [0.05, 0.1) is 7.11 Å². The van der Waals surface area contributed by atoms with Crippen LogP contribution in [0.25, 0.3) is 0 Å². The van der Waals surface area contributed by atoms with Crippen molar-refractivity contribution in [3.05, 3.63) is 58.8 Å². The number of carbonyl (C=O) groups is 1. The first kappa shape index (κ1) is 23.2. The molecular formula is C21H27FIN3O3. The maximum absolute atomic E-state index is 14.2. The smallest absolute Gasteiger partial charge is 0.341 e. The molecule has 1 fully saturated rings. The summed E-state index contributed by atoms with van der Waals surface area (Å²) >= 11 is 0. The number of aliphatic imine (C=N–C) groups is 1. The number of hydrogen-bond donors (Lipinski definition) is 2. The van der Waals surface area contributed by atoms with Crippen molar-refractivity contribution in [1.82, 2.24) is 10.6 Å². The number of guanidine groups is 1. The molecule has 8 heteroatoms. The molecule has 1 saturated carbocycles. The molecule has 6 nitrogen and oxygen atoms in total. The van der Waals surface area contributed by atoms with E-state index in [1.807, 2.05) is 19.1 Å². The maximum atomic E-state index is 14.2. The molecule has 1 aromatic heterocycles. The minimum absolute atomic E-state index is 0. The Bertz CT molecular complexity index is 878. The number of carbonyl (C=O) groups excluding carboxylic acids is 1. The van der Waals surface area contributed by atoms with Gasteiger partial charge in [0, 0.05) is 18.5 Å². The highest BCUT2D eigenvalue weighted by atomic mass is 127. The first-order valence-corrected chi connectivity index (χ1v) is 9.44. The lowest BCUT2D eigenvalue weighted by Crippen LogP contribution is -2.41. The van der Waals surface area contributed by atoms with Crippen LogP contribution in [-0.2, 0) is 16.7 Å². The van der Waals surface area contributed by atoms with E-state index in [0.29, 0.717) is 36.1 Å². The molecule has 3 rings (SSSR count). The number of hydrogen-bond acceptors (Lipinski definition) is 4. The van der Waals surface area contributed by atoms with Crippen LogP contribution < -0.4 is 10.6 Å². The molecule has 29 heavy (non-hydrogen) atoms. The molecular weight excluding hydrogens is 488 g/mol. The van der Waals surface area contributed by atoms with Crippen molar-refractivity contribution in [3.63, 3.8) is 0 Å². The van der Waals surface area contributed by atoms with Crippen molar-refractivity contribution in [2.45, 2.75) is 38.6 Å². The number of nitrogens with zero attached hydrogens (tertiary/aromatic N) is 1. The van der Waals surface area contributed by atoms with Gasteiger partial charge in [-0.25, -0.2) is 14.2 Å². The zero-order chi connectivity index (χ0) is 20.1. The fraction of sp³-hybridized carbons (Fsp3) is 0.429. The average molecular weight is 515 g/mol. The van der Waals surface area contributed by atoms with E-state index in [4.69, 9.17) is 9.15 Å². The van der Waals surface area contributed by atoms with Gasteiger partial charge in [-0.2, -0.15) is 0 Å². The van der Waals surface area contributed by atoms with Crippen LogP contribution in [-0.4, -0.2) is 32.1 Å². The van der Waals surface area contributed by atoms with Crippen LogP contribution in [0.5, 0.6) is 0 Å². The third kappa shape index (κ3) is 5.49. The standard InChI is InChI=1S/C21H26FN3O3.HI/c1-4-23-20(24-12-15-11-16(14(2)28-15)19(26)27-3)25-13-21(9-10-21)17-7-5-6-8-18(17)22;/h5-8,11H,4,9-10,12-13H2,1-3H3,(H2,23,24,25);1H. The molecule has 1 aromatic carbocycles. The molecule has 0 radical (unpaired) electrons. The summed E-state index contributed by atoms with van der Waals surface area (Å²) in [7, 11) is 1.34. The van der Waals surface area contributed by atoms with Gasteiger partial charge in [0.1, 0.15) is 29.4 Å². The van der Waals surface area contributed by atoms with Crippen LogP contribution >= 0.6 is 24.0 Å². The van der Waals surface area contributed by atoms with Crippen molar-refractivity contribution in [2.75, 3.05) is 20.2 Å². The molecule has 0 amide bonds. The summed E-state index contributed by atoms with van der Waals surface area (Å²) in [6.45, 7) is 5.27. The second kappa shape index (κ2) is 10.1. The normalized spacial score (nSPS) is 14.7. The van der Waals surface area contributed by atoms with Gasteiger partial charge in [0.15, 0.2) is 5.96 Å². The van der Waals surface area contributed by atoms with E-state index < -0.39 is 5.97 Å². The van der Waals surface area contributed by atoms with E-state index in [9.17, 15) is 9.18 Å². The van der Waals surface area contributed by atoms with Crippen molar-refractivity contribution < 1.29 is 18.3 Å². The highest BCUT2D eigenvalue weighted by Crippen LogP contribution is 2.48. The highest BCUT2D eigenvalue weighted by molar-refractivity contribution is 14.0. The third-order valence-electron chi connectivity index (χ3n) is 5.00. The van der Waals surface area contributed by atoms with Gasteiger partial charge in [0.2, 0.25) is 0 Å². The Kier molecular flexibility index (Phi) is 8.06. The van der Waals surface area contributed by atoms with Gasteiger partial charge in [-0.1, -0.05) is 18.2 Å². The van der Waals surface area contributed by atoms with Crippen molar-refractivity contribution in [3.8, 4) is 0 Å². The van der Waals surface area contributed by atoms with E-state index >= 15 is 0 Å². The second-order valence-electron chi connectivity index (χ2n) is 6.98. The fourth-order valence-corrected chi connectivity index (χ4v) is 3.27. The molecule has 2 aromatic rings. The van der Waals surface area contributed by atoms with Crippen LogP contribution in [0.4, 0.5) is 4.39 Å². The van der Waals surface area contributed by atoms with Crippen LogP contribution in [0.3, 0.4) is 0 Å². The van der Waals surface area contributed by atoms with Crippen molar-refractivity contribution >= 4 is 35.9 Å². The van der Waals surface area contributed by atoms with E-state index in [1.165, 1.54) is 13.2 Å². The first-order valence-electron chi connectivity index (χ1n) is 9.44. The number of esters is 1. The van der Waals surface area contributed by atoms with Crippen LogP contribution in [0.1, 0.15) is 47.2 Å². The first-order chi connectivity index (χ1) is 13.5. The van der Waals surface area contributed by atoms with Crippen LogP contribution in [0.15, 0.2) is 39.7 Å². The lowest BCUT2D eigenvalue weighted by atomic mass is 9.95. The second-order valence-corrected chi connectivity index (χ2v) is 6.98. The number of ether oxygens (including phenoxy) is 1. The summed E-state index contributed by atoms with van der Waals surface area (Å²) in [5.41, 5.74) is 0.978. The Morgan fingerprint density at radius 3 is 2.66 bits per heavy atom. The molecule has 1 aliphatic carbocycles. The number of halogens is 2. The Labute approximate surface area is 187 Å². The van der Waals surface area contributed by atoms with E-state index in [-0.39, 0.29) is 41.8 Å². The molecule has 0 bridgehead atoms. The zero-order valence-electron chi connectivity index (χ0n) is 16.9. The topological polar surface area (TPSA) is 75.9 Å². The number of nitrogens with one attached hydrogen (secondary N) is 2. The molecule has 1 heterocycles. The highest BCUT2D eigenvalue weighted by Gasteiger charge is 2.45. The monoisotopic (exact) mass is 515 g/mol. The van der Waals surface area contributed by atoms with E-state index in [2.05, 4.69) is 15.6 Å². The summed E-state index contributed by atoms with van der Waals surface area (Å²) in [5.74, 6) is 1.11. The molecule has 2 N–H and O–H groups in total. The predicted molar refractivity (Wildman–Crippen MR) is 120 cm³/mol. The molecule has 158 valence electrons. The Morgan fingerprint density at radius 1 is 1.31 bits per heavy atom. The number of methoxy groups -OCH3 is 1. The maximum Gasteiger partial charge on any atom is 0.341 e. The summed E-state index contributed by atoms with van der Waals surface area (Å²) in [4.78, 5) is 16.2. The number of aryl methyl sites for hydroxylation is 1. The molecule has 0 saturated heterocycles. The van der Waals surface area contributed by atoms with Gasteiger partial charge >= 0.3 is 5.97 Å². The van der Waals surface area contributed by atoms with Gasteiger partial charge in [0.25, 0.3) is 0 Å². The molecule has 1 aliphatic rings. The number of furan rings is 1. The third-order valence-corrected chi connectivity index (χ3v) is 5.00. The minimum atomic E-state index is -0.429. The van der Waals surface area contributed by atoms with E-state index in [0.717, 1.165) is 18.4 Å². The lowest BCUT2D eigenvalue weighted by Gasteiger charge is -2.19. The molecule has 0 atom stereocenters. The minimum Gasteiger partial charge on any atom is -0.465 e. The van der Waals surface area contributed by atoms with Crippen LogP contribution in [0, 0.1) is 12.7 Å². The summed E-state index contributed by atoms with van der Waals surface area (Å²) in [6.07, 6.45) is 1.89. The van der Waals surface area contributed by atoms with Gasteiger partial charge in [-0.15, -0.1) is 24.0 Å². The van der Waals surface area contributed by atoms with Crippen molar-refractivity contribution in [1.29, 1.82) is 0 Å².